The Hall–Kier alpha value is -2.62. The summed E-state index contributed by atoms with van der Waals surface area (Å²) in [5, 5.41) is 32.2. The molecule has 3 aromatic rings. The molecule has 0 spiro atoms. The molecule has 2 aromatic heterocycles. The molecule has 1 aromatic carbocycles. The Bertz CT molecular complexity index is 1730. The molecule has 2 aliphatic rings. The van der Waals surface area contributed by atoms with Gasteiger partial charge >= 0.3 is 0 Å². The number of aromatic nitrogens is 4. The number of benzene rings is 1. The SMILES string of the molecule is CC(C)S(=O)(=O)N1CCC(O)(c2cc(S(=O)(=O)NC3(C#N)CC3)cc3c(-c4nnc(C(F)F)s4)nn(C)c23)CC1. The maximum absolute atomic E-state index is 13.5. The van der Waals surface area contributed by atoms with Crippen LogP contribution in [0.3, 0.4) is 0 Å². The Morgan fingerprint density at radius 3 is 2.30 bits per heavy atom. The van der Waals surface area contributed by atoms with Gasteiger partial charge in [-0.3, -0.25) is 4.68 Å². The number of hydrogen-bond acceptors (Lipinski definition) is 10. The van der Waals surface area contributed by atoms with Gasteiger partial charge in [-0.1, -0.05) is 11.3 Å². The first-order valence-corrected chi connectivity index (χ1v) is 16.2. The Morgan fingerprint density at radius 1 is 1.12 bits per heavy atom. The average molecular weight is 616 g/mol. The molecule has 0 bridgehead atoms. The number of aliphatic hydroxyl groups is 1. The third-order valence-corrected chi connectivity index (χ3v) is 12.1. The van der Waals surface area contributed by atoms with Gasteiger partial charge in [-0.2, -0.15) is 15.1 Å². The predicted molar refractivity (Wildman–Crippen MR) is 141 cm³/mol. The fourth-order valence-corrected chi connectivity index (χ4v) is 8.25. The minimum Gasteiger partial charge on any atom is -0.385 e. The first kappa shape index (κ1) is 28.9. The number of rotatable bonds is 8. The largest absolute Gasteiger partial charge is 0.385 e. The van der Waals surface area contributed by atoms with Crippen molar-refractivity contribution < 1.29 is 30.7 Å². The summed E-state index contributed by atoms with van der Waals surface area (Å²) in [6.07, 6.45) is -2.21. The molecule has 0 unspecified atom stereocenters. The number of piperidine rings is 1. The number of sulfonamides is 2. The summed E-state index contributed by atoms with van der Waals surface area (Å²) in [6, 6.07) is 4.59. The third-order valence-electron chi connectivity index (χ3n) is 7.35. The molecular formula is C23H27F2N7O5S3. The monoisotopic (exact) mass is 615 g/mol. The van der Waals surface area contributed by atoms with Crippen LogP contribution < -0.4 is 4.72 Å². The molecule has 40 heavy (non-hydrogen) atoms. The van der Waals surface area contributed by atoms with Crippen LogP contribution in [0.25, 0.3) is 21.6 Å². The number of nitrogens with one attached hydrogen (secondary N) is 1. The second kappa shape index (κ2) is 9.74. The fraction of sp³-hybridized carbons (Fsp3) is 0.565. The molecule has 1 saturated carbocycles. The van der Waals surface area contributed by atoms with E-state index in [-0.39, 0.29) is 52.5 Å². The van der Waals surface area contributed by atoms with Crippen molar-refractivity contribution in [3.63, 3.8) is 0 Å². The topological polar surface area (TPSA) is 171 Å². The molecule has 5 rings (SSSR count). The number of halogens is 2. The lowest BCUT2D eigenvalue weighted by Crippen LogP contribution is -2.47. The van der Waals surface area contributed by atoms with Crippen molar-refractivity contribution in [2.24, 2.45) is 7.05 Å². The van der Waals surface area contributed by atoms with Gasteiger partial charge in [0, 0.05) is 31.1 Å². The van der Waals surface area contributed by atoms with Crippen LogP contribution in [0, 0.1) is 11.3 Å². The first-order chi connectivity index (χ1) is 18.6. The molecule has 0 amide bonds. The molecule has 0 radical (unpaired) electrons. The minimum atomic E-state index is -4.27. The zero-order valence-electron chi connectivity index (χ0n) is 21.8. The standard InChI is InChI=1S/C23H27F2N7O5S3/c1-13(2)40(36,37)32-8-6-23(33,7-9-32)16-11-14(39(34,35)30-22(12-26)4-5-22)10-15-17(29-31(3)18(15)16)20-27-28-21(38-20)19(24)25/h10-11,13,19,30,33H,4-9H2,1-3H3. The fourth-order valence-electron chi connectivity index (χ4n) is 4.83. The van der Waals surface area contributed by atoms with Crippen LogP contribution in [-0.2, 0) is 32.7 Å². The van der Waals surface area contributed by atoms with E-state index in [4.69, 9.17) is 0 Å². The zero-order chi connectivity index (χ0) is 29.3. The average Bonchev–Trinajstić information content (AvgIpc) is 3.32. The van der Waals surface area contributed by atoms with Crippen LogP contribution in [0.15, 0.2) is 17.0 Å². The van der Waals surface area contributed by atoms with Crippen LogP contribution >= 0.6 is 11.3 Å². The van der Waals surface area contributed by atoms with E-state index in [1.165, 1.54) is 21.1 Å². The Balaban J connectivity index is 1.66. The molecule has 216 valence electrons. The second-order valence-electron chi connectivity index (χ2n) is 10.4. The molecule has 0 atom stereocenters. The highest BCUT2D eigenvalue weighted by atomic mass is 32.2. The molecule has 12 nitrogen and oxygen atoms in total. The number of nitriles is 1. The predicted octanol–water partition coefficient (Wildman–Crippen LogP) is 2.39. The highest BCUT2D eigenvalue weighted by Gasteiger charge is 2.47. The summed E-state index contributed by atoms with van der Waals surface area (Å²) >= 11 is 0.613. The van der Waals surface area contributed by atoms with Gasteiger partial charge in [-0.25, -0.2) is 29.9 Å². The number of nitrogens with zero attached hydrogens (tertiary/aromatic N) is 6. The van der Waals surface area contributed by atoms with Crippen molar-refractivity contribution in [2.75, 3.05) is 13.1 Å². The van der Waals surface area contributed by atoms with E-state index < -0.39 is 47.9 Å². The van der Waals surface area contributed by atoms with E-state index in [9.17, 15) is 36.0 Å². The Labute approximate surface area is 233 Å². The maximum Gasteiger partial charge on any atom is 0.291 e. The van der Waals surface area contributed by atoms with Gasteiger partial charge in [0.05, 0.1) is 27.3 Å². The number of hydrogen-bond donors (Lipinski definition) is 2. The summed E-state index contributed by atoms with van der Waals surface area (Å²) in [6.45, 7) is 3.15. The molecule has 3 heterocycles. The highest BCUT2D eigenvalue weighted by Crippen LogP contribution is 2.43. The van der Waals surface area contributed by atoms with E-state index in [0.717, 1.165) is 0 Å². The summed E-state index contributed by atoms with van der Waals surface area (Å²) in [5.41, 5.74) is -2.23. The van der Waals surface area contributed by atoms with Gasteiger partial charge < -0.3 is 5.11 Å². The zero-order valence-corrected chi connectivity index (χ0v) is 24.2. The van der Waals surface area contributed by atoms with E-state index in [2.05, 4.69) is 20.0 Å². The van der Waals surface area contributed by atoms with Crippen molar-refractivity contribution in [3.05, 3.63) is 22.7 Å². The quantitative estimate of drug-likeness (QED) is 0.386. The smallest absolute Gasteiger partial charge is 0.291 e. The Kier molecular flexibility index (Phi) is 7.03. The number of aryl methyl sites for hydroxylation is 1. The number of alkyl halides is 2. The van der Waals surface area contributed by atoms with E-state index in [1.54, 1.807) is 20.9 Å². The molecule has 2 N–H and O–H groups in total. The van der Waals surface area contributed by atoms with Gasteiger partial charge in [0.1, 0.15) is 11.2 Å². The molecular weight excluding hydrogens is 588 g/mol. The van der Waals surface area contributed by atoms with Crippen molar-refractivity contribution in [3.8, 4) is 16.8 Å². The van der Waals surface area contributed by atoms with Crippen molar-refractivity contribution in [2.45, 2.75) is 67.2 Å². The first-order valence-electron chi connectivity index (χ1n) is 12.4. The van der Waals surface area contributed by atoms with Crippen LogP contribution in [0.2, 0.25) is 0 Å². The lowest BCUT2D eigenvalue weighted by Gasteiger charge is -2.39. The normalized spacial score (nSPS) is 19.4. The molecule has 1 saturated heterocycles. The lowest BCUT2D eigenvalue weighted by molar-refractivity contribution is -0.00887. The van der Waals surface area contributed by atoms with Crippen LogP contribution in [0.5, 0.6) is 0 Å². The van der Waals surface area contributed by atoms with Gasteiger partial charge in [0.2, 0.25) is 20.0 Å². The molecule has 17 heteroatoms. The summed E-state index contributed by atoms with van der Waals surface area (Å²) in [4.78, 5) is -0.255. The lowest BCUT2D eigenvalue weighted by atomic mass is 9.84. The summed E-state index contributed by atoms with van der Waals surface area (Å²) in [7, 11) is -6.28. The maximum atomic E-state index is 13.5. The van der Waals surface area contributed by atoms with Crippen molar-refractivity contribution in [1.29, 1.82) is 5.26 Å². The van der Waals surface area contributed by atoms with E-state index in [1.807, 2.05) is 6.07 Å². The Morgan fingerprint density at radius 2 is 1.77 bits per heavy atom. The summed E-state index contributed by atoms with van der Waals surface area (Å²) in [5.74, 6) is 0. The van der Waals surface area contributed by atoms with Crippen LogP contribution in [0.4, 0.5) is 8.78 Å². The van der Waals surface area contributed by atoms with Crippen molar-refractivity contribution in [1.82, 2.24) is 29.0 Å². The van der Waals surface area contributed by atoms with Gasteiger partial charge in [-0.15, -0.1) is 10.2 Å². The van der Waals surface area contributed by atoms with Crippen LogP contribution in [0.1, 0.15) is 56.5 Å². The third kappa shape index (κ3) is 4.90. The van der Waals surface area contributed by atoms with Crippen LogP contribution in [-0.4, -0.2) is 70.1 Å². The molecule has 1 aliphatic carbocycles. The van der Waals surface area contributed by atoms with Gasteiger partial charge in [0.25, 0.3) is 6.43 Å². The second-order valence-corrected chi connectivity index (χ2v) is 15.6. The molecule has 2 fully saturated rings. The van der Waals surface area contributed by atoms with Gasteiger partial charge in [-0.05, 0) is 51.7 Å². The highest BCUT2D eigenvalue weighted by molar-refractivity contribution is 7.89. The number of fused-ring (bicyclic) bond motifs is 1. The van der Waals surface area contributed by atoms with Gasteiger partial charge in [0.15, 0.2) is 10.0 Å². The van der Waals surface area contributed by atoms with E-state index in [0.29, 0.717) is 29.7 Å². The summed E-state index contributed by atoms with van der Waals surface area (Å²) < 4.78 is 84.0. The van der Waals surface area contributed by atoms with Crippen molar-refractivity contribution >= 4 is 42.3 Å². The molecule has 1 aliphatic heterocycles. The minimum absolute atomic E-state index is 0.00410. The van der Waals surface area contributed by atoms with E-state index >= 15 is 0 Å².